The van der Waals surface area contributed by atoms with Crippen LogP contribution in [0.2, 0.25) is 0 Å². The second-order valence-electron chi connectivity index (χ2n) is 4.12. The molecule has 0 aliphatic carbocycles. The quantitative estimate of drug-likeness (QED) is 0.852. The van der Waals surface area contributed by atoms with Gasteiger partial charge in [0.05, 0.1) is 13.2 Å². The van der Waals surface area contributed by atoms with Gasteiger partial charge in [0, 0.05) is 6.61 Å². The first kappa shape index (κ1) is 11.4. The average molecular weight is 222 g/mol. The Morgan fingerprint density at radius 2 is 2.06 bits per heavy atom. The summed E-state index contributed by atoms with van der Waals surface area (Å²) in [7, 11) is 1.63. The second-order valence-corrected chi connectivity index (χ2v) is 4.12. The summed E-state index contributed by atoms with van der Waals surface area (Å²) in [6, 6.07) is 7.51. The third kappa shape index (κ3) is 2.54. The molecule has 1 aliphatic rings. The molecule has 3 heteroatoms. The van der Waals surface area contributed by atoms with Crippen LogP contribution in [-0.4, -0.2) is 24.9 Å². The molecule has 0 saturated carbocycles. The Balaban J connectivity index is 2.04. The van der Waals surface area contributed by atoms with Crippen LogP contribution in [0.3, 0.4) is 0 Å². The van der Waals surface area contributed by atoms with Crippen molar-refractivity contribution in [1.29, 1.82) is 0 Å². The van der Waals surface area contributed by atoms with Gasteiger partial charge < -0.3 is 14.6 Å². The molecule has 0 aromatic heterocycles. The molecule has 0 bridgehead atoms. The Kier molecular flexibility index (Phi) is 3.80. The molecule has 3 nitrogen and oxygen atoms in total. The van der Waals surface area contributed by atoms with Crippen LogP contribution < -0.4 is 4.74 Å². The number of rotatable bonds is 3. The smallest absolute Gasteiger partial charge is 0.118 e. The van der Waals surface area contributed by atoms with Crippen LogP contribution in [0.25, 0.3) is 0 Å². The fraction of sp³-hybridized carbons (Fsp3) is 0.538. The van der Waals surface area contributed by atoms with Crippen molar-refractivity contribution in [2.45, 2.75) is 31.5 Å². The molecule has 2 rings (SSSR count). The van der Waals surface area contributed by atoms with Gasteiger partial charge in [0.1, 0.15) is 11.9 Å². The zero-order chi connectivity index (χ0) is 11.4. The molecular weight excluding hydrogens is 204 g/mol. The van der Waals surface area contributed by atoms with Gasteiger partial charge in [-0.3, -0.25) is 0 Å². The Labute approximate surface area is 96.0 Å². The SMILES string of the molecule is COc1ccc(C(O)C2CCCCO2)cc1. The van der Waals surface area contributed by atoms with Crippen molar-refractivity contribution in [3.63, 3.8) is 0 Å². The number of benzene rings is 1. The van der Waals surface area contributed by atoms with Crippen molar-refractivity contribution in [2.75, 3.05) is 13.7 Å². The zero-order valence-electron chi connectivity index (χ0n) is 9.56. The number of aliphatic hydroxyl groups excluding tert-OH is 1. The highest BCUT2D eigenvalue weighted by atomic mass is 16.5. The first-order valence-corrected chi connectivity index (χ1v) is 5.75. The molecule has 1 heterocycles. The Morgan fingerprint density at radius 1 is 1.31 bits per heavy atom. The van der Waals surface area contributed by atoms with Crippen LogP contribution in [0.5, 0.6) is 5.75 Å². The molecule has 1 N–H and O–H groups in total. The summed E-state index contributed by atoms with van der Waals surface area (Å²) in [6.07, 6.45) is 2.60. The normalized spacial score (nSPS) is 22.8. The third-order valence-electron chi connectivity index (χ3n) is 3.02. The highest BCUT2D eigenvalue weighted by Crippen LogP contribution is 2.27. The van der Waals surface area contributed by atoms with E-state index < -0.39 is 6.10 Å². The van der Waals surface area contributed by atoms with E-state index in [0.717, 1.165) is 37.2 Å². The zero-order valence-corrected chi connectivity index (χ0v) is 9.56. The van der Waals surface area contributed by atoms with Crippen molar-refractivity contribution in [1.82, 2.24) is 0 Å². The van der Waals surface area contributed by atoms with E-state index in [0.29, 0.717) is 0 Å². The molecule has 0 spiro atoms. The van der Waals surface area contributed by atoms with Gasteiger partial charge >= 0.3 is 0 Å². The minimum Gasteiger partial charge on any atom is -0.497 e. The monoisotopic (exact) mass is 222 g/mol. The molecule has 1 fully saturated rings. The van der Waals surface area contributed by atoms with E-state index in [1.807, 2.05) is 24.3 Å². The van der Waals surface area contributed by atoms with Gasteiger partial charge in [-0.25, -0.2) is 0 Å². The number of hydrogen-bond acceptors (Lipinski definition) is 3. The molecule has 0 amide bonds. The van der Waals surface area contributed by atoms with E-state index >= 15 is 0 Å². The maximum absolute atomic E-state index is 10.1. The molecule has 1 aromatic carbocycles. The minimum atomic E-state index is -0.522. The molecule has 2 atom stereocenters. The molecule has 0 radical (unpaired) electrons. The van der Waals surface area contributed by atoms with E-state index in [1.165, 1.54) is 0 Å². The van der Waals surface area contributed by atoms with E-state index in [2.05, 4.69) is 0 Å². The first-order chi connectivity index (χ1) is 7.81. The molecule has 16 heavy (non-hydrogen) atoms. The fourth-order valence-corrected chi connectivity index (χ4v) is 2.03. The third-order valence-corrected chi connectivity index (χ3v) is 3.02. The summed E-state index contributed by atoms with van der Waals surface area (Å²) in [5.41, 5.74) is 0.896. The lowest BCUT2D eigenvalue weighted by Crippen LogP contribution is -2.26. The maximum Gasteiger partial charge on any atom is 0.118 e. The standard InChI is InChI=1S/C13H18O3/c1-15-11-7-5-10(6-8-11)13(14)12-4-2-3-9-16-12/h5-8,12-14H,2-4,9H2,1H3. The van der Waals surface area contributed by atoms with Gasteiger partial charge in [0.25, 0.3) is 0 Å². The van der Waals surface area contributed by atoms with Gasteiger partial charge in [0.15, 0.2) is 0 Å². The number of methoxy groups -OCH3 is 1. The van der Waals surface area contributed by atoms with Gasteiger partial charge in [0.2, 0.25) is 0 Å². The molecule has 1 aromatic rings. The van der Waals surface area contributed by atoms with E-state index in [-0.39, 0.29) is 6.10 Å². The largest absolute Gasteiger partial charge is 0.497 e. The summed E-state index contributed by atoms with van der Waals surface area (Å²) in [4.78, 5) is 0. The lowest BCUT2D eigenvalue weighted by atomic mass is 9.98. The van der Waals surface area contributed by atoms with Crippen LogP contribution in [0.4, 0.5) is 0 Å². The number of hydrogen-bond donors (Lipinski definition) is 1. The van der Waals surface area contributed by atoms with Gasteiger partial charge in [-0.2, -0.15) is 0 Å². The molecular formula is C13H18O3. The van der Waals surface area contributed by atoms with Crippen LogP contribution >= 0.6 is 0 Å². The van der Waals surface area contributed by atoms with Gasteiger partial charge in [-0.15, -0.1) is 0 Å². The second kappa shape index (κ2) is 5.32. The number of ether oxygens (including phenoxy) is 2. The molecule has 1 saturated heterocycles. The summed E-state index contributed by atoms with van der Waals surface area (Å²) >= 11 is 0. The van der Waals surface area contributed by atoms with Crippen LogP contribution in [0.1, 0.15) is 30.9 Å². The van der Waals surface area contributed by atoms with Crippen molar-refractivity contribution < 1.29 is 14.6 Å². The maximum atomic E-state index is 10.1. The Morgan fingerprint density at radius 3 is 2.62 bits per heavy atom. The van der Waals surface area contributed by atoms with Crippen molar-refractivity contribution in [3.8, 4) is 5.75 Å². The Hall–Kier alpha value is -1.06. The van der Waals surface area contributed by atoms with E-state index in [9.17, 15) is 5.11 Å². The lowest BCUT2D eigenvalue weighted by molar-refractivity contribution is -0.0633. The molecule has 1 aliphatic heterocycles. The van der Waals surface area contributed by atoms with Crippen LogP contribution in [0, 0.1) is 0 Å². The van der Waals surface area contributed by atoms with E-state index in [4.69, 9.17) is 9.47 Å². The predicted molar refractivity (Wildman–Crippen MR) is 61.5 cm³/mol. The van der Waals surface area contributed by atoms with E-state index in [1.54, 1.807) is 7.11 Å². The summed E-state index contributed by atoms with van der Waals surface area (Å²) in [5, 5.41) is 10.1. The summed E-state index contributed by atoms with van der Waals surface area (Å²) in [6.45, 7) is 0.762. The van der Waals surface area contributed by atoms with Crippen molar-refractivity contribution >= 4 is 0 Å². The molecule has 2 unspecified atom stereocenters. The minimum absolute atomic E-state index is 0.0536. The van der Waals surface area contributed by atoms with Gasteiger partial charge in [-0.1, -0.05) is 12.1 Å². The van der Waals surface area contributed by atoms with Crippen LogP contribution in [-0.2, 0) is 4.74 Å². The highest BCUT2D eigenvalue weighted by molar-refractivity contribution is 5.28. The average Bonchev–Trinajstić information content (AvgIpc) is 2.39. The van der Waals surface area contributed by atoms with Crippen molar-refractivity contribution in [3.05, 3.63) is 29.8 Å². The number of aliphatic hydroxyl groups is 1. The van der Waals surface area contributed by atoms with Crippen LogP contribution in [0.15, 0.2) is 24.3 Å². The predicted octanol–water partition coefficient (Wildman–Crippen LogP) is 2.30. The van der Waals surface area contributed by atoms with Crippen molar-refractivity contribution in [2.24, 2.45) is 0 Å². The lowest BCUT2D eigenvalue weighted by Gasteiger charge is -2.27. The topological polar surface area (TPSA) is 38.7 Å². The molecule has 88 valence electrons. The fourth-order valence-electron chi connectivity index (χ4n) is 2.03. The summed E-state index contributed by atoms with van der Waals surface area (Å²) in [5.74, 6) is 0.806. The Bertz CT molecular complexity index is 314. The summed E-state index contributed by atoms with van der Waals surface area (Å²) < 4.78 is 10.7. The van der Waals surface area contributed by atoms with Gasteiger partial charge in [-0.05, 0) is 37.0 Å². The first-order valence-electron chi connectivity index (χ1n) is 5.75. The highest BCUT2D eigenvalue weighted by Gasteiger charge is 2.23.